The summed E-state index contributed by atoms with van der Waals surface area (Å²) in [7, 11) is 0. The van der Waals surface area contributed by atoms with Gasteiger partial charge in [0.2, 0.25) is 0 Å². The molecular weight excluding hydrogens is 312 g/mol. The van der Waals surface area contributed by atoms with Gasteiger partial charge in [0.15, 0.2) is 0 Å². The van der Waals surface area contributed by atoms with Crippen molar-refractivity contribution in [2.24, 2.45) is 5.84 Å². The Hall–Kier alpha value is -1.99. The summed E-state index contributed by atoms with van der Waals surface area (Å²) in [5.74, 6) is 4.58. The van der Waals surface area contributed by atoms with Crippen LogP contribution in [0.3, 0.4) is 0 Å². The van der Waals surface area contributed by atoms with E-state index in [2.05, 4.69) is 20.9 Å². The molecule has 0 unspecified atom stereocenters. The van der Waals surface area contributed by atoms with E-state index in [9.17, 15) is 9.59 Å². The Morgan fingerprint density at radius 1 is 1.37 bits per heavy atom. The fourth-order valence-electron chi connectivity index (χ4n) is 1.57. The lowest BCUT2D eigenvalue weighted by Crippen LogP contribution is -2.31. The minimum atomic E-state index is -0.469. The van der Waals surface area contributed by atoms with Gasteiger partial charge in [0, 0.05) is 6.20 Å². The van der Waals surface area contributed by atoms with Crippen molar-refractivity contribution in [3.63, 3.8) is 0 Å². The first-order valence-electron chi connectivity index (χ1n) is 5.43. The molecule has 0 aliphatic rings. The fraction of sp³-hybridized carbons (Fsp3) is 0.0833. The molecule has 0 aromatic carbocycles. The number of pyridine rings is 2. The number of nitrogen functional groups attached to an aromatic ring is 1. The topological polar surface area (TPSA) is 90.0 Å². The molecule has 2 aromatic heterocycles. The first-order chi connectivity index (χ1) is 9.11. The molecule has 7 heteroatoms. The molecular formula is C12H11BrN4O2. The van der Waals surface area contributed by atoms with Gasteiger partial charge in [0.1, 0.15) is 5.69 Å². The van der Waals surface area contributed by atoms with Crippen LogP contribution in [0.25, 0.3) is 0 Å². The number of nitrogens with two attached hydrogens (primary N) is 1. The van der Waals surface area contributed by atoms with Crippen molar-refractivity contribution in [2.45, 2.75) is 6.54 Å². The molecule has 3 N–H and O–H groups in total. The normalized spacial score (nSPS) is 10.2. The van der Waals surface area contributed by atoms with E-state index in [-0.39, 0.29) is 17.8 Å². The Morgan fingerprint density at radius 3 is 2.89 bits per heavy atom. The predicted octanol–water partition coefficient (Wildman–Crippen LogP) is 0.658. The predicted molar refractivity (Wildman–Crippen MR) is 73.4 cm³/mol. The number of hydrogen-bond acceptors (Lipinski definition) is 4. The number of amides is 1. The van der Waals surface area contributed by atoms with Crippen molar-refractivity contribution in [3.8, 4) is 0 Å². The average molecular weight is 323 g/mol. The van der Waals surface area contributed by atoms with E-state index in [0.29, 0.717) is 10.2 Å². The van der Waals surface area contributed by atoms with Crippen LogP contribution in [0.2, 0.25) is 0 Å². The van der Waals surface area contributed by atoms with Crippen LogP contribution in [0, 0.1) is 0 Å². The Bertz CT molecular complexity index is 669. The summed E-state index contributed by atoms with van der Waals surface area (Å²) in [6.07, 6.45) is 1.66. The third kappa shape index (κ3) is 3.07. The highest BCUT2D eigenvalue weighted by atomic mass is 79.9. The van der Waals surface area contributed by atoms with Crippen molar-refractivity contribution in [2.75, 3.05) is 0 Å². The van der Waals surface area contributed by atoms with E-state index in [1.165, 1.54) is 4.57 Å². The van der Waals surface area contributed by atoms with E-state index in [1.807, 2.05) is 5.43 Å². The van der Waals surface area contributed by atoms with Gasteiger partial charge in [-0.25, -0.2) is 10.8 Å². The fourth-order valence-corrected chi connectivity index (χ4v) is 1.96. The summed E-state index contributed by atoms with van der Waals surface area (Å²) in [6.45, 7) is 0.282. The van der Waals surface area contributed by atoms with E-state index < -0.39 is 5.91 Å². The number of aromatic nitrogens is 2. The Morgan fingerprint density at radius 2 is 2.16 bits per heavy atom. The molecule has 0 spiro atoms. The summed E-state index contributed by atoms with van der Waals surface area (Å²) in [4.78, 5) is 27.3. The zero-order chi connectivity index (χ0) is 13.8. The average Bonchev–Trinajstić information content (AvgIpc) is 2.43. The smallest absolute Gasteiger partial charge is 0.283 e. The van der Waals surface area contributed by atoms with Gasteiger partial charge in [-0.3, -0.25) is 15.0 Å². The van der Waals surface area contributed by atoms with Crippen molar-refractivity contribution >= 4 is 21.8 Å². The number of rotatable bonds is 3. The van der Waals surface area contributed by atoms with Gasteiger partial charge in [0.25, 0.3) is 11.5 Å². The Kier molecular flexibility index (Phi) is 4.08. The van der Waals surface area contributed by atoms with Crippen molar-refractivity contribution < 1.29 is 4.79 Å². The van der Waals surface area contributed by atoms with Crippen LogP contribution in [-0.2, 0) is 6.54 Å². The molecule has 1 amide bonds. The molecule has 0 atom stereocenters. The summed E-state index contributed by atoms with van der Waals surface area (Å²) in [6, 6.07) is 8.40. The number of nitrogens with one attached hydrogen (secondary N) is 1. The van der Waals surface area contributed by atoms with Crippen LogP contribution >= 0.6 is 15.9 Å². The van der Waals surface area contributed by atoms with Gasteiger partial charge in [-0.15, -0.1) is 0 Å². The maximum atomic E-state index is 11.8. The molecule has 0 bridgehead atoms. The van der Waals surface area contributed by atoms with Crippen LogP contribution in [-0.4, -0.2) is 15.5 Å². The minimum absolute atomic E-state index is 0.155. The summed E-state index contributed by atoms with van der Waals surface area (Å²) < 4.78 is 1.97. The Balaban J connectivity index is 2.31. The van der Waals surface area contributed by atoms with Crippen LogP contribution in [0.1, 0.15) is 16.2 Å². The van der Waals surface area contributed by atoms with Crippen LogP contribution in [0.5, 0.6) is 0 Å². The summed E-state index contributed by atoms with van der Waals surface area (Å²) in [5.41, 5.74) is 2.67. The third-order valence-electron chi connectivity index (χ3n) is 2.48. The zero-order valence-corrected chi connectivity index (χ0v) is 11.4. The molecule has 98 valence electrons. The van der Waals surface area contributed by atoms with Gasteiger partial charge in [-0.2, -0.15) is 0 Å². The molecule has 0 aliphatic carbocycles. The van der Waals surface area contributed by atoms with Crippen molar-refractivity contribution in [1.82, 2.24) is 15.0 Å². The third-order valence-corrected chi connectivity index (χ3v) is 3.08. The molecule has 0 saturated heterocycles. The van der Waals surface area contributed by atoms with Gasteiger partial charge < -0.3 is 4.57 Å². The highest BCUT2D eigenvalue weighted by molar-refractivity contribution is 9.10. The molecule has 2 heterocycles. The molecule has 0 saturated carbocycles. The SMILES string of the molecule is NNC(=O)c1cccc(Cn2cccc(Br)c2=O)n1. The maximum Gasteiger partial charge on any atom is 0.283 e. The highest BCUT2D eigenvalue weighted by Crippen LogP contribution is 2.04. The lowest BCUT2D eigenvalue weighted by atomic mass is 10.3. The quantitative estimate of drug-likeness (QED) is 0.493. The minimum Gasteiger partial charge on any atom is -0.309 e. The Labute approximate surface area is 117 Å². The molecule has 0 fully saturated rings. The number of hydrazine groups is 1. The second-order valence-corrected chi connectivity index (χ2v) is 4.63. The molecule has 2 aromatic rings. The van der Waals surface area contributed by atoms with Gasteiger partial charge in [0.05, 0.1) is 16.7 Å². The standard InChI is InChI=1S/C12H11BrN4O2/c13-9-4-2-6-17(12(9)19)7-8-3-1-5-10(15-8)11(18)16-14/h1-6H,7,14H2,(H,16,18). The second kappa shape index (κ2) is 5.77. The first-order valence-corrected chi connectivity index (χ1v) is 6.23. The van der Waals surface area contributed by atoms with E-state index >= 15 is 0 Å². The van der Waals surface area contributed by atoms with Crippen LogP contribution < -0.4 is 16.8 Å². The van der Waals surface area contributed by atoms with Gasteiger partial charge in [-0.1, -0.05) is 6.07 Å². The first kappa shape index (κ1) is 13.4. The number of carbonyl (C=O) groups excluding carboxylic acids is 1. The van der Waals surface area contributed by atoms with Crippen LogP contribution in [0.15, 0.2) is 45.8 Å². The number of carbonyl (C=O) groups is 1. The zero-order valence-electron chi connectivity index (χ0n) is 9.84. The summed E-state index contributed by atoms with van der Waals surface area (Å²) >= 11 is 3.17. The summed E-state index contributed by atoms with van der Waals surface area (Å²) in [5, 5.41) is 0. The number of hydrogen-bond donors (Lipinski definition) is 2. The largest absolute Gasteiger partial charge is 0.309 e. The second-order valence-electron chi connectivity index (χ2n) is 3.78. The highest BCUT2D eigenvalue weighted by Gasteiger charge is 2.07. The molecule has 2 rings (SSSR count). The molecule has 0 radical (unpaired) electrons. The number of halogens is 1. The molecule has 0 aliphatic heterocycles. The lowest BCUT2D eigenvalue weighted by molar-refractivity contribution is 0.0948. The van der Waals surface area contributed by atoms with Crippen LogP contribution in [0.4, 0.5) is 0 Å². The monoisotopic (exact) mass is 322 g/mol. The van der Waals surface area contributed by atoms with Crippen molar-refractivity contribution in [3.05, 3.63) is 62.7 Å². The van der Waals surface area contributed by atoms with E-state index in [4.69, 9.17) is 5.84 Å². The molecule has 6 nitrogen and oxygen atoms in total. The van der Waals surface area contributed by atoms with Crippen molar-refractivity contribution in [1.29, 1.82) is 0 Å². The number of nitrogens with zero attached hydrogens (tertiary/aromatic N) is 2. The maximum absolute atomic E-state index is 11.8. The van der Waals surface area contributed by atoms with E-state index in [0.717, 1.165) is 0 Å². The molecule has 19 heavy (non-hydrogen) atoms. The van der Waals surface area contributed by atoms with Gasteiger partial charge in [-0.05, 0) is 40.2 Å². The lowest BCUT2D eigenvalue weighted by Gasteiger charge is -2.06. The van der Waals surface area contributed by atoms with Gasteiger partial charge >= 0.3 is 0 Å². The van der Waals surface area contributed by atoms with E-state index in [1.54, 1.807) is 36.5 Å².